The van der Waals surface area contributed by atoms with Crippen molar-refractivity contribution in [1.29, 1.82) is 5.26 Å². The van der Waals surface area contributed by atoms with E-state index >= 15 is 0 Å². The maximum Gasteiger partial charge on any atom is 0.265 e. The first-order valence-electron chi connectivity index (χ1n) is 8.87. The van der Waals surface area contributed by atoms with Crippen LogP contribution in [0.5, 0.6) is 0 Å². The molecule has 1 aliphatic heterocycles. The summed E-state index contributed by atoms with van der Waals surface area (Å²) in [7, 11) is 3.76. The molecule has 1 aromatic heterocycles. The molecule has 1 amide bonds. The number of nitriles is 1. The van der Waals surface area contributed by atoms with Crippen LogP contribution in [0.4, 0.5) is 5.95 Å². The van der Waals surface area contributed by atoms with Gasteiger partial charge in [0.05, 0.1) is 12.6 Å². The van der Waals surface area contributed by atoms with Crippen LogP contribution in [0.2, 0.25) is 0 Å². The van der Waals surface area contributed by atoms with Gasteiger partial charge in [-0.05, 0) is 56.8 Å². The first-order valence-corrected chi connectivity index (χ1v) is 8.87. The van der Waals surface area contributed by atoms with E-state index in [0.29, 0.717) is 24.3 Å². The molecule has 1 atom stereocenters. The minimum Gasteiger partial charge on any atom is -0.344 e. The van der Waals surface area contributed by atoms with Crippen LogP contribution in [0.25, 0.3) is 0 Å². The molecule has 136 valence electrons. The van der Waals surface area contributed by atoms with Gasteiger partial charge in [-0.25, -0.2) is 0 Å². The predicted molar refractivity (Wildman–Crippen MR) is 91.9 cm³/mol. The highest BCUT2D eigenvalue weighted by molar-refractivity contribution is 5.79. The highest BCUT2D eigenvalue weighted by atomic mass is 16.5. The molecule has 0 aromatic carbocycles. The van der Waals surface area contributed by atoms with Gasteiger partial charge >= 0.3 is 0 Å². The van der Waals surface area contributed by atoms with Gasteiger partial charge in [0.2, 0.25) is 11.8 Å². The van der Waals surface area contributed by atoms with Crippen molar-refractivity contribution in [2.24, 2.45) is 5.92 Å². The smallest absolute Gasteiger partial charge is 0.265 e. The number of carbonyl (C=O) groups is 1. The maximum absolute atomic E-state index is 12.3. The Bertz CT molecular complexity index is 654. The minimum absolute atomic E-state index is 0.0675. The molecule has 3 rings (SSSR count). The molecule has 8 nitrogen and oxygen atoms in total. The Morgan fingerprint density at radius 1 is 1.40 bits per heavy atom. The van der Waals surface area contributed by atoms with Gasteiger partial charge in [-0.3, -0.25) is 9.69 Å². The second kappa shape index (κ2) is 7.00. The van der Waals surface area contributed by atoms with Crippen molar-refractivity contribution in [3.8, 4) is 6.07 Å². The molecule has 0 unspecified atom stereocenters. The molecule has 1 aliphatic carbocycles. The van der Waals surface area contributed by atoms with E-state index in [1.54, 1.807) is 0 Å². The number of nitrogens with zero attached hydrogens (tertiary/aromatic N) is 5. The summed E-state index contributed by atoms with van der Waals surface area (Å²) in [5.41, 5.74) is -0.720. The van der Waals surface area contributed by atoms with Crippen LogP contribution < -0.4 is 10.2 Å². The van der Waals surface area contributed by atoms with E-state index < -0.39 is 5.54 Å². The molecule has 2 aliphatic rings. The lowest BCUT2D eigenvalue weighted by molar-refractivity contribution is -0.123. The number of anilines is 1. The second-order valence-electron chi connectivity index (χ2n) is 7.51. The third-order valence-electron chi connectivity index (χ3n) is 5.16. The standard InChI is InChI=1S/C17H26N6O2/c1-17(11-18,13-4-5-13)20-14(24)10-23-8-6-12(7-9-23)15-19-16(21-25-15)22(2)3/h12-13H,4-10H2,1-3H3,(H,20,24)/t17-/m1/s1. The number of aromatic nitrogens is 2. The molecule has 1 saturated carbocycles. The Morgan fingerprint density at radius 2 is 2.08 bits per heavy atom. The van der Waals surface area contributed by atoms with Crippen LogP contribution >= 0.6 is 0 Å². The lowest BCUT2D eigenvalue weighted by atomic mass is 9.96. The zero-order valence-electron chi connectivity index (χ0n) is 15.2. The van der Waals surface area contributed by atoms with Gasteiger partial charge in [-0.15, -0.1) is 0 Å². The number of piperidine rings is 1. The van der Waals surface area contributed by atoms with E-state index in [0.717, 1.165) is 38.8 Å². The summed E-state index contributed by atoms with van der Waals surface area (Å²) in [6.07, 6.45) is 3.82. The molecule has 0 radical (unpaired) electrons. The van der Waals surface area contributed by atoms with E-state index in [1.165, 1.54) is 0 Å². The summed E-state index contributed by atoms with van der Waals surface area (Å²) < 4.78 is 5.36. The van der Waals surface area contributed by atoms with E-state index in [2.05, 4.69) is 26.4 Å². The Balaban J connectivity index is 1.47. The fraction of sp³-hybridized carbons (Fsp3) is 0.765. The number of rotatable bonds is 6. The second-order valence-corrected chi connectivity index (χ2v) is 7.51. The summed E-state index contributed by atoms with van der Waals surface area (Å²) in [5.74, 6) is 1.75. The molecule has 2 fully saturated rings. The van der Waals surface area contributed by atoms with Crippen molar-refractivity contribution in [2.75, 3.05) is 38.6 Å². The summed E-state index contributed by atoms with van der Waals surface area (Å²) in [5, 5.41) is 16.2. The maximum atomic E-state index is 12.3. The van der Waals surface area contributed by atoms with Crippen molar-refractivity contribution in [3.05, 3.63) is 5.89 Å². The van der Waals surface area contributed by atoms with Gasteiger partial charge in [0.15, 0.2) is 0 Å². The third kappa shape index (κ3) is 4.10. The van der Waals surface area contributed by atoms with Crippen molar-refractivity contribution < 1.29 is 9.32 Å². The molecule has 0 spiro atoms. The molecular weight excluding hydrogens is 320 g/mol. The van der Waals surface area contributed by atoms with Gasteiger partial charge in [0.1, 0.15) is 5.54 Å². The number of hydrogen-bond acceptors (Lipinski definition) is 7. The lowest BCUT2D eigenvalue weighted by Gasteiger charge is -2.31. The predicted octanol–water partition coefficient (Wildman–Crippen LogP) is 1.12. The number of carbonyl (C=O) groups excluding carboxylic acids is 1. The highest BCUT2D eigenvalue weighted by Crippen LogP contribution is 2.39. The summed E-state index contributed by atoms with van der Waals surface area (Å²) in [6.45, 7) is 3.78. The fourth-order valence-corrected chi connectivity index (χ4v) is 3.33. The first kappa shape index (κ1) is 17.7. The fourth-order valence-electron chi connectivity index (χ4n) is 3.33. The largest absolute Gasteiger partial charge is 0.344 e. The van der Waals surface area contributed by atoms with E-state index in [9.17, 15) is 10.1 Å². The third-order valence-corrected chi connectivity index (χ3v) is 5.16. The number of nitrogens with one attached hydrogen (secondary N) is 1. The molecule has 2 heterocycles. The number of amides is 1. The van der Waals surface area contributed by atoms with Gasteiger partial charge < -0.3 is 14.7 Å². The van der Waals surface area contributed by atoms with Crippen molar-refractivity contribution in [2.45, 2.75) is 44.1 Å². The quantitative estimate of drug-likeness (QED) is 0.824. The minimum atomic E-state index is -0.720. The molecule has 1 saturated heterocycles. The topological polar surface area (TPSA) is 98.3 Å². The van der Waals surface area contributed by atoms with E-state index in [1.807, 2.05) is 25.9 Å². The lowest BCUT2D eigenvalue weighted by Crippen LogP contribution is -2.51. The normalized spacial score (nSPS) is 21.4. The average molecular weight is 346 g/mol. The summed E-state index contributed by atoms with van der Waals surface area (Å²) in [4.78, 5) is 20.7. The van der Waals surface area contributed by atoms with Gasteiger partial charge in [0.25, 0.3) is 5.95 Å². The molecule has 8 heteroatoms. The van der Waals surface area contributed by atoms with Crippen LogP contribution in [0.1, 0.15) is 44.4 Å². The van der Waals surface area contributed by atoms with Crippen LogP contribution in [0.15, 0.2) is 4.52 Å². The zero-order valence-corrected chi connectivity index (χ0v) is 15.2. The first-order chi connectivity index (χ1) is 11.9. The van der Waals surface area contributed by atoms with Crippen molar-refractivity contribution >= 4 is 11.9 Å². The van der Waals surface area contributed by atoms with Crippen LogP contribution in [0, 0.1) is 17.2 Å². The highest BCUT2D eigenvalue weighted by Gasteiger charge is 2.43. The molecule has 25 heavy (non-hydrogen) atoms. The molecular formula is C17H26N6O2. The van der Waals surface area contributed by atoms with Gasteiger partial charge in [-0.1, -0.05) is 0 Å². The van der Waals surface area contributed by atoms with Crippen molar-refractivity contribution in [1.82, 2.24) is 20.4 Å². The molecule has 1 aromatic rings. The van der Waals surface area contributed by atoms with Crippen LogP contribution in [-0.2, 0) is 4.79 Å². The number of hydrogen-bond donors (Lipinski definition) is 1. The zero-order chi connectivity index (χ0) is 18.0. The van der Waals surface area contributed by atoms with Crippen LogP contribution in [-0.4, -0.2) is 60.2 Å². The van der Waals surface area contributed by atoms with E-state index in [4.69, 9.17) is 4.52 Å². The Labute approximate surface area is 148 Å². The van der Waals surface area contributed by atoms with Crippen molar-refractivity contribution in [3.63, 3.8) is 0 Å². The Morgan fingerprint density at radius 3 is 2.60 bits per heavy atom. The monoisotopic (exact) mass is 346 g/mol. The molecule has 1 N–H and O–H groups in total. The van der Waals surface area contributed by atoms with Gasteiger partial charge in [-0.2, -0.15) is 10.2 Å². The van der Waals surface area contributed by atoms with E-state index in [-0.39, 0.29) is 11.8 Å². The van der Waals surface area contributed by atoms with Gasteiger partial charge in [0, 0.05) is 20.0 Å². The van der Waals surface area contributed by atoms with Crippen LogP contribution in [0.3, 0.4) is 0 Å². The summed E-state index contributed by atoms with van der Waals surface area (Å²) >= 11 is 0. The molecule has 0 bridgehead atoms. The SMILES string of the molecule is CN(C)c1noc(C2CCN(CC(=O)N[C@](C)(C#N)C3CC3)CC2)n1. The number of likely N-dealkylation sites (tertiary alicyclic amines) is 1. The Hall–Kier alpha value is -2.14. The average Bonchev–Trinajstić information content (AvgIpc) is 3.33. The summed E-state index contributed by atoms with van der Waals surface area (Å²) in [6, 6.07) is 2.27. The Kier molecular flexibility index (Phi) is 4.95.